The predicted molar refractivity (Wildman–Crippen MR) is 72.9 cm³/mol. The normalized spacial score (nSPS) is 12.7. The molecule has 0 radical (unpaired) electrons. The van der Waals surface area contributed by atoms with E-state index in [4.69, 9.17) is 4.74 Å². The number of rotatable bonds is 7. The highest BCUT2D eigenvalue weighted by Gasteiger charge is 2.15. The van der Waals surface area contributed by atoms with Gasteiger partial charge in [-0.25, -0.2) is 4.98 Å². The first-order chi connectivity index (χ1) is 8.60. The molecule has 0 aromatic carbocycles. The van der Waals surface area contributed by atoms with Crippen LogP contribution in [0.2, 0.25) is 0 Å². The van der Waals surface area contributed by atoms with Gasteiger partial charge in [0.1, 0.15) is 0 Å². The molecule has 1 rings (SSSR count). The predicted octanol–water partition coefficient (Wildman–Crippen LogP) is 1.74. The molecule has 0 aliphatic rings. The Hall–Kier alpha value is -1.36. The number of ether oxygens (including phenoxy) is 1. The highest BCUT2D eigenvalue weighted by atomic mass is 16.5. The van der Waals surface area contributed by atoms with E-state index in [-0.39, 0.29) is 11.6 Å². The highest BCUT2D eigenvalue weighted by Crippen LogP contribution is 2.07. The Morgan fingerprint density at radius 3 is 2.72 bits per heavy atom. The molecular weight excluding hydrogens is 230 g/mol. The number of aromatic nitrogens is 2. The van der Waals surface area contributed by atoms with Gasteiger partial charge in [-0.1, -0.05) is 13.8 Å². The smallest absolute Gasteiger partial charge is 0.293 e. The fourth-order valence-electron chi connectivity index (χ4n) is 1.62. The number of aryl methyl sites for hydroxylation is 1. The second-order valence-corrected chi connectivity index (χ2v) is 4.52. The van der Waals surface area contributed by atoms with Crippen LogP contribution >= 0.6 is 0 Å². The number of nitrogens with zero attached hydrogens (tertiary/aromatic N) is 2. The molecule has 1 aromatic heterocycles. The van der Waals surface area contributed by atoms with E-state index >= 15 is 0 Å². The summed E-state index contributed by atoms with van der Waals surface area (Å²) in [5.74, 6) is 0.769. The molecule has 0 spiro atoms. The highest BCUT2D eigenvalue weighted by molar-refractivity contribution is 5.32. The van der Waals surface area contributed by atoms with Crippen LogP contribution in [-0.2, 0) is 11.3 Å². The molecule has 1 heterocycles. The summed E-state index contributed by atoms with van der Waals surface area (Å²) in [5, 5.41) is 3.19. The lowest BCUT2D eigenvalue weighted by atomic mass is 10.1. The SMILES string of the molecule is CCOCC(Nc1nccn(CC)c1=O)C(C)C. The van der Waals surface area contributed by atoms with E-state index in [0.29, 0.717) is 31.5 Å². The molecule has 1 unspecified atom stereocenters. The fourth-order valence-corrected chi connectivity index (χ4v) is 1.62. The fraction of sp³-hybridized carbons (Fsp3) is 0.692. The minimum Gasteiger partial charge on any atom is -0.380 e. The molecule has 102 valence electrons. The molecule has 1 aromatic rings. The Morgan fingerprint density at radius 2 is 2.17 bits per heavy atom. The lowest BCUT2D eigenvalue weighted by Gasteiger charge is -2.22. The standard InChI is InChI=1S/C13H23N3O2/c1-5-16-8-7-14-12(13(16)17)15-11(10(3)4)9-18-6-2/h7-8,10-11H,5-6,9H2,1-4H3,(H,14,15). The first kappa shape index (κ1) is 14.7. The van der Waals surface area contributed by atoms with E-state index in [2.05, 4.69) is 24.1 Å². The Bertz CT molecular complexity index is 415. The van der Waals surface area contributed by atoms with E-state index in [0.717, 1.165) is 0 Å². The van der Waals surface area contributed by atoms with Gasteiger partial charge in [0.25, 0.3) is 5.56 Å². The molecule has 0 amide bonds. The van der Waals surface area contributed by atoms with E-state index < -0.39 is 0 Å². The van der Waals surface area contributed by atoms with Crippen LogP contribution in [-0.4, -0.2) is 28.8 Å². The van der Waals surface area contributed by atoms with Gasteiger partial charge in [-0.3, -0.25) is 4.79 Å². The van der Waals surface area contributed by atoms with Crippen LogP contribution in [0.4, 0.5) is 5.82 Å². The summed E-state index contributed by atoms with van der Waals surface area (Å²) in [4.78, 5) is 16.1. The molecule has 18 heavy (non-hydrogen) atoms. The molecule has 5 heteroatoms. The number of hydrogen-bond donors (Lipinski definition) is 1. The molecule has 5 nitrogen and oxygen atoms in total. The summed E-state index contributed by atoms with van der Waals surface area (Å²) in [7, 11) is 0. The van der Waals surface area contributed by atoms with Gasteiger partial charge in [-0.2, -0.15) is 0 Å². The van der Waals surface area contributed by atoms with Crippen LogP contribution in [0.5, 0.6) is 0 Å². The zero-order valence-electron chi connectivity index (χ0n) is 11.6. The number of anilines is 1. The van der Waals surface area contributed by atoms with Gasteiger partial charge in [0, 0.05) is 25.5 Å². The van der Waals surface area contributed by atoms with Crippen LogP contribution in [0.1, 0.15) is 27.7 Å². The molecule has 0 saturated carbocycles. The van der Waals surface area contributed by atoms with Crippen molar-refractivity contribution in [3.05, 3.63) is 22.7 Å². The minimum absolute atomic E-state index is 0.0813. The lowest BCUT2D eigenvalue weighted by molar-refractivity contribution is 0.126. The molecule has 0 aliphatic carbocycles. The maximum Gasteiger partial charge on any atom is 0.293 e. The second-order valence-electron chi connectivity index (χ2n) is 4.52. The summed E-state index contributed by atoms with van der Waals surface area (Å²) in [6, 6.07) is 0.0952. The molecule has 0 saturated heterocycles. The molecule has 1 atom stereocenters. The van der Waals surface area contributed by atoms with Crippen molar-refractivity contribution >= 4 is 5.82 Å². The Labute approximate surface area is 108 Å². The zero-order chi connectivity index (χ0) is 13.5. The van der Waals surface area contributed by atoms with Crippen LogP contribution in [0.3, 0.4) is 0 Å². The first-order valence-corrected chi connectivity index (χ1v) is 6.49. The lowest BCUT2D eigenvalue weighted by Crippen LogP contribution is -2.35. The second kappa shape index (κ2) is 7.16. The molecule has 0 bridgehead atoms. The van der Waals surface area contributed by atoms with Crippen molar-refractivity contribution in [3.63, 3.8) is 0 Å². The Balaban J connectivity index is 2.83. The van der Waals surface area contributed by atoms with Gasteiger partial charge in [0.15, 0.2) is 5.82 Å². The summed E-state index contributed by atoms with van der Waals surface area (Å²) in [6.45, 7) is 9.99. The van der Waals surface area contributed by atoms with Crippen LogP contribution in [0.25, 0.3) is 0 Å². The first-order valence-electron chi connectivity index (χ1n) is 6.49. The largest absolute Gasteiger partial charge is 0.380 e. The van der Waals surface area contributed by atoms with Crippen LogP contribution in [0.15, 0.2) is 17.2 Å². The summed E-state index contributed by atoms with van der Waals surface area (Å²) >= 11 is 0. The summed E-state index contributed by atoms with van der Waals surface area (Å²) in [5.41, 5.74) is -0.0813. The van der Waals surface area contributed by atoms with E-state index in [1.54, 1.807) is 17.0 Å². The average Bonchev–Trinajstić information content (AvgIpc) is 2.36. The summed E-state index contributed by atoms with van der Waals surface area (Å²) in [6.07, 6.45) is 3.34. The van der Waals surface area contributed by atoms with Gasteiger partial charge >= 0.3 is 0 Å². The monoisotopic (exact) mass is 253 g/mol. The van der Waals surface area contributed by atoms with Gasteiger partial charge in [-0.15, -0.1) is 0 Å². The average molecular weight is 253 g/mol. The van der Waals surface area contributed by atoms with Crippen molar-refractivity contribution in [2.75, 3.05) is 18.5 Å². The zero-order valence-corrected chi connectivity index (χ0v) is 11.6. The van der Waals surface area contributed by atoms with Gasteiger partial charge in [-0.05, 0) is 19.8 Å². The number of nitrogens with one attached hydrogen (secondary N) is 1. The van der Waals surface area contributed by atoms with E-state index in [1.165, 1.54) is 0 Å². The molecule has 1 N–H and O–H groups in total. The molecule has 0 fully saturated rings. The van der Waals surface area contributed by atoms with Crippen molar-refractivity contribution in [2.24, 2.45) is 5.92 Å². The Kier molecular flexibility index (Phi) is 5.85. The number of hydrogen-bond acceptors (Lipinski definition) is 4. The van der Waals surface area contributed by atoms with Crippen molar-refractivity contribution in [1.29, 1.82) is 0 Å². The molecular formula is C13H23N3O2. The van der Waals surface area contributed by atoms with Crippen molar-refractivity contribution in [1.82, 2.24) is 9.55 Å². The third-order valence-corrected chi connectivity index (χ3v) is 2.88. The van der Waals surface area contributed by atoms with E-state index in [9.17, 15) is 4.79 Å². The quantitative estimate of drug-likeness (QED) is 0.804. The van der Waals surface area contributed by atoms with Crippen molar-refractivity contribution in [3.8, 4) is 0 Å². The third kappa shape index (κ3) is 3.84. The minimum atomic E-state index is -0.0813. The van der Waals surface area contributed by atoms with E-state index in [1.807, 2.05) is 13.8 Å². The Morgan fingerprint density at radius 1 is 1.44 bits per heavy atom. The summed E-state index contributed by atoms with van der Waals surface area (Å²) < 4.78 is 7.06. The maximum atomic E-state index is 12.0. The topological polar surface area (TPSA) is 56.1 Å². The van der Waals surface area contributed by atoms with Crippen LogP contribution < -0.4 is 10.9 Å². The van der Waals surface area contributed by atoms with Gasteiger partial charge in [0.05, 0.1) is 12.6 Å². The van der Waals surface area contributed by atoms with Crippen LogP contribution in [0, 0.1) is 5.92 Å². The van der Waals surface area contributed by atoms with Crippen molar-refractivity contribution in [2.45, 2.75) is 40.3 Å². The van der Waals surface area contributed by atoms with Gasteiger partial charge in [0.2, 0.25) is 0 Å². The van der Waals surface area contributed by atoms with Gasteiger partial charge < -0.3 is 14.6 Å². The van der Waals surface area contributed by atoms with Crippen molar-refractivity contribution < 1.29 is 4.74 Å². The maximum absolute atomic E-state index is 12.0. The molecule has 0 aliphatic heterocycles. The third-order valence-electron chi connectivity index (χ3n) is 2.88.